The first-order valence-electron chi connectivity index (χ1n) is 8.76. The summed E-state index contributed by atoms with van der Waals surface area (Å²) < 4.78 is 53.9. The molecule has 0 unspecified atom stereocenters. The van der Waals surface area contributed by atoms with Crippen molar-refractivity contribution < 1.29 is 27.5 Å². The molecule has 5 nitrogen and oxygen atoms in total. The summed E-state index contributed by atoms with van der Waals surface area (Å²) in [5, 5.41) is 12.2. The van der Waals surface area contributed by atoms with E-state index in [0.717, 1.165) is 23.4 Å². The summed E-state index contributed by atoms with van der Waals surface area (Å²) in [5.41, 5.74) is 0.00387. The minimum Gasteiger partial charge on any atom is -0.390 e. The fraction of sp³-hybridized carbons (Fsp3) is 0.200. The van der Waals surface area contributed by atoms with Crippen LogP contribution in [0.2, 0.25) is 0 Å². The lowest BCUT2D eigenvalue weighted by molar-refractivity contribution is -0.137. The van der Waals surface area contributed by atoms with Crippen LogP contribution in [-0.4, -0.2) is 26.3 Å². The van der Waals surface area contributed by atoms with Crippen LogP contribution in [0.1, 0.15) is 16.8 Å². The summed E-state index contributed by atoms with van der Waals surface area (Å²) in [7, 11) is 0. The number of carbonyl (C=O) groups excluding carboxylic acids is 1. The third kappa shape index (κ3) is 5.39. The van der Waals surface area contributed by atoms with Gasteiger partial charge in [0.25, 0.3) is 0 Å². The molecule has 0 aliphatic carbocycles. The van der Waals surface area contributed by atoms with Crippen LogP contribution < -0.4 is 5.32 Å². The number of amides is 1. The molecule has 0 spiro atoms. The summed E-state index contributed by atoms with van der Waals surface area (Å²) in [5.74, 6) is -1.19. The van der Waals surface area contributed by atoms with Gasteiger partial charge >= 0.3 is 6.18 Å². The molecule has 0 saturated heterocycles. The first kappa shape index (κ1) is 21.8. The molecule has 0 fully saturated rings. The number of aliphatic hydroxyl groups is 1. The Hall–Kier alpha value is -2.85. The Morgan fingerprint density at radius 3 is 2.50 bits per heavy atom. The van der Waals surface area contributed by atoms with Gasteiger partial charge in [-0.3, -0.25) is 4.79 Å². The van der Waals surface area contributed by atoms with Crippen LogP contribution in [0.3, 0.4) is 0 Å². The molecule has 1 amide bonds. The lowest BCUT2D eigenvalue weighted by atomic mass is 10.1. The van der Waals surface area contributed by atoms with E-state index in [4.69, 9.17) is 0 Å². The number of carbonyl (C=O) groups is 1. The van der Waals surface area contributed by atoms with E-state index in [9.17, 15) is 27.5 Å². The van der Waals surface area contributed by atoms with Gasteiger partial charge in [0.2, 0.25) is 5.91 Å². The van der Waals surface area contributed by atoms with Crippen molar-refractivity contribution in [1.29, 1.82) is 0 Å². The van der Waals surface area contributed by atoms with Crippen LogP contribution in [-0.2, 0) is 24.1 Å². The lowest BCUT2D eigenvalue weighted by Gasteiger charge is -2.14. The van der Waals surface area contributed by atoms with Crippen molar-refractivity contribution in [1.82, 2.24) is 9.55 Å². The van der Waals surface area contributed by atoms with Crippen molar-refractivity contribution in [3.63, 3.8) is 0 Å². The molecule has 0 bridgehead atoms. The van der Waals surface area contributed by atoms with Crippen LogP contribution in [0.4, 0.5) is 23.2 Å². The highest BCUT2D eigenvalue weighted by molar-refractivity contribution is 7.99. The Morgan fingerprint density at radius 1 is 1.13 bits per heavy atom. The van der Waals surface area contributed by atoms with Gasteiger partial charge < -0.3 is 15.0 Å². The van der Waals surface area contributed by atoms with Gasteiger partial charge in [-0.25, -0.2) is 9.37 Å². The second-order valence-electron chi connectivity index (χ2n) is 6.28. The Morgan fingerprint density at radius 2 is 1.83 bits per heavy atom. The number of nitrogens with zero attached hydrogens (tertiary/aromatic N) is 2. The highest BCUT2D eigenvalue weighted by atomic mass is 32.2. The molecule has 10 heteroatoms. The second kappa shape index (κ2) is 9.31. The van der Waals surface area contributed by atoms with Gasteiger partial charge in [0, 0.05) is 6.54 Å². The summed E-state index contributed by atoms with van der Waals surface area (Å²) in [6.07, 6.45) is -3.14. The maximum atomic E-state index is 13.1. The third-order valence-corrected chi connectivity index (χ3v) is 5.15. The molecular weight excluding hydrogens is 422 g/mol. The van der Waals surface area contributed by atoms with Gasteiger partial charge in [0.1, 0.15) is 5.82 Å². The zero-order valence-corrected chi connectivity index (χ0v) is 16.3. The topological polar surface area (TPSA) is 67.1 Å². The maximum Gasteiger partial charge on any atom is 0.418 e. The van der Waals surface area contributed by atoms with Crippen LogP contribution in [0.25, 0.3) is 0 Å². The normalized spacial score (nSPS) is 11.5. The van der Waals surface area contributed by atoms with Gasteiger partial charge in [-0.2, -0.15) is 13.2 Å². The molecule has 3 rings (SSSR count). The minimum absolute atomic E-state index is 0.183. The van der Waals surface area contributed by atoms with E-state index in [1.54, 1.807) is 16.7 Å². The summed E-state index contributed by atoms with van der Waals surface area (Å²) >= 11 is 1.02. The Balaban J connectivity index is 1.70. The third-order valence-electron chi connectivity index (χ3n) is 4.16. The summed E-state index contributed by atoms with van der Waals surface area (Å²) in [6, 6.07) is 10.5. The van der Waals surface area contributed by atoms with Gasteiger partial charge in [-0.15, -0.1) is 0 Å². The Labute approximate surface area is 173 Å². The predicted octanol–water partition coefficient (Wildman–Crippen LogP) is 4.31. The minimum atomic E-state index is -4.58. The molecule has 0 radical (unpaired) electrons. The van der Waals surface area contributed by atoms with Crippen molar-refractivity contribution in [3.8, 4) is 0 Å². The van der Waals surface area contributed by atoms with E-state index < -0.39 is 17.6 Å². The Bertz CT molecular complexity index is 1020. The molecule has 3 aromatic rings. The Kier molecular flexibility index (Phi) is 6.78. The molecule has 0 aliphatic heterocycles. The van der Waals surface area contributed by atoms with E-state index in [1.807, 2.05) is 0 Å². The highest BCUT2D eigenvalue weighted by Gasteiger charge is 2.33. The molecule has 2 aromatic carbocycles. The van der Waals surface area contributed by atoms with Crippen molar-refractivity contribution in [2.75, 3.05) is 11.1 Å². The number of hydrogen-bond donors (Lipinski definition) is 2. The zero-order chi connectivity index (χ0) is 21.7. The van der Waals surface area contributed by atoms with Crippen LogP contribution >= 0.6 is 11.8 Å². The number of alkyl halides is 3. The molecule has 2 N–H and O–H groups in total. The second-order valence-corrected chi connectivity index (χ2v) is 7.23. The number of aliphatic hydroxyl groups excluding tert-OH is 1. The van der Waals surface area contributed by atoms with Gasteiger partial charge in [0.05, 0.1) is 35.5 Å². The summed E-state index contributed by atoms with van der Waals surface area (Å²) in [6.45, 7) is -0.00303. The highest BCUT2D eigenvalue weighted by Crippen LogP contribution is 2.34. The average molecular weight is 439 g/mol. The molecule has 0 aliphatic rings. The number of benzene rings is 2. The first-order chi connectivity index (χ1) is 14.3. The lowest BCUT2D eigenvalue weighted by Crippen LogP contribution is -2.18. The smallest absolute Gasteiger partial charge is 0.390 e. The molecule has 1 heterocycles. The standard InChI is InChI=1S/C20H17F4N3O2S/c21-14-7-5-13(6-8-14)10-27-15(11-28)9-25-19(27)30-12-18(29)26-17-4-2-1-3-16(17)20(22,23)24/h1-9,28H,10-12H2,(H,26,29). The zero-order valence-electron chi connectivity index (χ0n) is 15.5. The van der Waals surface area contributed by atoms with E-state index >= 15 is 0 Å². The van der Waals surface area contributed by atoms with Crippen molar-refractivity contribution >= 4 is 23.4 Å². The number of aromatic nitrogens is 2. The number of thioether (sulfide) groups is 1. The van der Waals surface area contributed by atoms with Crippen LogP contribution in [0.15, 0.2) is 59.9 Å². The van der Waals surface area contributed by atoms with Crippen LogP contribution in [0.5, 0.6) is 0 Å². The number of anilines is 1. The number of hydrogen-bond acceptors (Lipinski definition) is 4. The molecule has 0 atom stereocenters. The quantitative estimate of drug-likeness (QED) is 0.425. The van der Waals surface area contributed by atoms with E-state index in [-0.39, 0.29) is 30.4 Å². The molecule has 0 saturated carbocycles. The number of nitrogens with one attached hydrogen (secondary N) is 1. The number of para-hydroxylation sites is 1. The van der Waals surface area contributed by atoms with Gasteiger partial charge in [0.15, 0.2) is 5.16 Å². The first-order valence-corrected chi connectivity index (χ1v) is 9.75. The van der Waals surface area contributed by atoms with Crippen molar-refractivity contribution in [2.45, 2.75) is 24.5 Å². The maximum absolute atomic E-state index is 13.1. The molecular formula is C20H17F4N3O2S. The SMILES string of the molecule is O=C(CSc1ncc(CO)n1Cc1ccc(F)cc1)Nc1ccccc1C(F)(F)F. The predicted molar refractivity (Wildman–Crippen MR) is 104 cm³/mol. The average Bonchev–Trinajstić information content (AvgIpc) is 3.09. The van der Waals surface area contributed by atoms with E-state index in [2.05, 4.69) is 10.3 Å². The van der Waals surface area contributed by atoms with E-state index in [0.29, 0.717) is 10.9 Å². The van der Waals surface area contributed by atoms with Crippen molar-refractivity contribution in [3.05, 3.63) is 77.4 Å². The number of rotatable bonds is 7. The largest absolute Gasteiger partial charge is 0.418 e. The fourth-order valence-corrected chi connectivity index (χ4v) is 3.53. The molecule has 158 valence electrons. The fourth-order valence-electron chi connectivity index (χ4n) is 2.73. The number of halogens is 4. The monoisotopic (exact) mass is 439 g/mol. The van der Waals surface area contributed by atoms with Crippen LogP contribution in [0, 0.1) is 5.82 Å². The summed E-state index contributed by atoms with van der Waals surface area (Å²) in [4.78, 5) is 16.4. The van der Waals surface area contributed by atoms with Gasteiger partial charge in [-0.05, 0) is 29.8 Å². The van der Waals surface area contributed by atoms with Gasteiger partial charge in [-0.1, -0.05) is 36.0 Å². The van der Waals surface area contributed by atoms with Crippen molar-refractivity contribution in [2.24, 2.45) is 0 Å². The number of imidazole rings is 1. The molecule has 1 aromatic heterocycles. The van der Waals surface area contributed by atoms with E-state index in [1.165, 1.54) is 36.5 Å². The molecule has 30 heavy (non-hydrogen) atoms.